The summed E-state index contributed by atoms with van der Waals surface area (Å²) in [5.74, 6) is 0.803. The summed E-state index contributed by atoms with van der Waals surface area (Å²) < 4.78 is 5.79. The number of carbonyl (C=O) groups excluding carboxylic acids is 1. The molecule has 0 N–H and O–H groups in total. The van der Waals surface area contributed by atoms with E-state index >= 15 is 0 Å². The van der Waals surface area contributed by atoms with Gasteiger partial charge in [-0.3, -0.25) is 4.79 Å². The fourth-order valence-corrected chi connectivity index (χ4v) is 3.30. The molecule has 0 spiro atoms. The van der Waals surface area contributed by atoms with Crippen molar-refractivity contribution in [2.75, 3.05) is 6.61 Å². The molecular formula is C21H28O2. The van der Waals surface area contributed by atoms with E-state index in [1.807, 2.05) is 12.1 Å². The van der Waals surface area contributed by atoms with Gasteiger partial charge in [0, 0.05) is 5.56 Å². The maximum Gasteiger partial charge on any atom is 0.150 e. The van der Waals surface area contributed by atoms with Gasteiger partial charge in [0.1, 0.15) is 18.6 Å². The quantitative estimate of drug-likeness (QED) is 0.494. The first-order valence-electron chi connectivity index (χ1n) is 8.45. The largest absolute Gasteiger partial charge is 0.489 e. The van der Waals surface area contributed by atoms with Gasteiger partial charge in [0.05, 0.1) is 0 Å². The molecule has 1 aromatic carbocycles. The molecule has 0 amide bonds. The number of carbonyl (C=O) groups is 1. The van der Waals surface area contributed by atoms with Gasteiger partial charge in [-0.2, -0.15) is 0 Å². The van der Waals surface area contributed by atoms with E-state index < -0.39 is 0 Å². The van der Waals surface area contributed by atoms with Gasteiger partial charge in [0.15, 0.2) is 0 Å². The minimum Gasteiger partial charge on any atom is -0.489 e. The molecule has 23 heavy (non-hydrogen) atoms. The summed E-state index contributed by atoms with van der Waals surface area (Å²) in [6, 6.07) is 7.24. The first kappa shape index (κ1) is 17.5. The van der Waals surface area contributed by atoms with Gasteiger partial charge < -0.3 is 4.74 Å². The van der Waals surface area contributed by atoms with Crippen LogP contribution in [0.3, 0.4) is 0 Å². The van der Waals surface area contributed by atoms with Crippen LogP contribution in [0.5, 0.6) is 5.75 Å². The predicted octanol–water partition coefficient (Wildman–Crippen LogP) is 5.74. The molecule has 0 saturated heterocycles. The lowest BCUT2D eigenvalue weighted by Gasteiger charge is -2.34. The topological polar surface area (TPSA) is 26.3 Å². The van der Waals surface area contributed by atoms with E-state index in [4.69, 9.17) is 4.74 Å². The molecule has 2 heteroatoms. The highest BCUT2D eigenvalue weighted by Crippen LogP contribution is 2.41. The standard InChI is InChI=1S/C21H28O2/c1-16(15-23-19-10-8-18(14-22)9-11-19)7-12-20-17(2)6-5-13-21(20,3)4/h7-11,14H,5-6,12-13,15H2,1-4H3/b16-7+. The Bertz CT molecular complexity index is 603. The highest BCUT2D eigenvalue weighted by Gasteiger charge is 2.27. The van der Waals surface area contributed by atoms with Crippen LogP contribution in [-0.2, 0) is 0 Å². The number of hydrogen-bond acceptors (Lipinski definition) is 2. The van der Waals surface area contributed by atoms with Gasteiger partial charge in [-0.1, -0.05) is 31.1 Å². The molecule has 0 aromatic heterocycles. The van der Waals surface area contributed by atoms with Crippen molar-refractivity contribution in [2.24, 2.45) is 5.41 Å². The van der Waals surface area contributed by atoms with Crippen LogP contribution in [0.2, 0.25) is 0 Å². The van der Waals surface area contributed by atoms with Crippen molar-refractivity contribution in [1.29, 1.82) is 0 Å². The zero-order valence-corrected chi connectivity index (χ0v) is 14.8. The molecule has 0 saturated carbocycles. The highest BCUT2D eigenvalue weighted by molar-refractivity contribution is 5.74. The first-order chi connectivity index (χ1) is 10.9. The van der Waals surface area contributed by atoms with E-state index in [1.54, 1.807) is 23.3 Å². The van der Waals surface area contributed by atoms with E-state index in [1.165, 1.54) is 24.8 Å². The van der Waals surface area contributed by atoms with Crippen LogP contribution in [0.1, 0.15) is 63.7 Å². The lowest BCUT2D eigenvalue weighted by atomic mass is 9.71. The maximum absolute atomic E-state index is 10.6. The monoisotopic (exact) mass is 312 g/mol. The molecule has 1 aliphatic rings. The molecule has 2 rings (SSSR count). The first-order valence-corrected chi connectivity index (χ1v) is 8.45. The summed E-state index contributed by atoms with van der Waals surface area (Å²) >= 11 is 0. The Hall–Kier alpha value is -1.83. The number of hydrogen-bond donors (Lipinski definition) is 0. The number of benzene rings is 1. The summed E-state index contributed by atoms with van der Waals surface area (Å²) in [4.78, 5) is 10.6. The van der Waals surface area contributed by atoms with Gasteiger partial charge in [-0.25, -0.2) is 0 Å². The number of allylic oxidation sites excluding steroid dienone is 3. The van der Waals surface area contributed by atoms with Crippen LogP contribution in [0.15, 0.2) is 47.1 Å². The Labute approximate surface area is 140 Å². The number of rotatable bonds is 6. The fourth-order valence-electron chi connectivity index (χ4n) is 3.30. The second-order valence-corrected chi connectivity index (χ2v) is 7.23. The van der Waals surface area contributed by atoms with E-state index in [-0.39, 0.29) is 0 Å². The summed E-state index contributed by atoms with van der Waals surface area (Å²) in [6.07, 6.45) is 8.00. The minimum atomic E-state index is 0.324. The van der Waals surface area contributed by atoms with E-state index in [2.05, 4.69) is 33.8 Å². The molecule has 124 valence electrons. The maximum atomic E-state index is 10.6. The predicted molar refractivity (Wildman–Crippen MR) is 96.0 cm³/mol. The summed E-state index contributed by atoms with van der Waals surface area (Å²) in [6.45, 7) is 9.71. The van der Waals surface area contributed by atoms with Crippen molar-refractivity contribution in [3.8, 4) is 5.75 Å². The molecule has 0 radical (unpaired) electrons. The smallest absolute Gasteiger partial charge is 0.150 e. The van der Waals surface area contributed by atoms with Crippen LogP contribution < -0.4 is 4.74 Å². The zero-order chi connectivity index (χ0) is 16.9. The molecule has 0 unspecified atom stereocenters. The van der Waals surface area contributed by atoms with Crippen LogP contribution in [0, 0.1) is 5.41 Å². The van der Waals surface area contributed by atoms with Crippen molar-refractivity contribution < 1.29 is 9.53 Å². The highest BCUT2D eigenvalue weighted by atomic mass is 16.5. The fraction of sp³-hybridized carbons (Fsp3) is 0.476. The summed E-state index contributed by atoms with van der Waals surface area (Å²) in [5.41, 5.74) is 5.40. The Morgan fingerprint density at radius 3 is 2.57 bits per heavy atom. The van der Waals surface area contributed by atoms with Crippen molar-refractivity contribution in [3.63, 3.8) is 0 Å². The SMILES string of the molecule is CC1=C(C/C=C(\C)COc2ccc(C=O)cc2)C(C)(C)CCC1. The third-order valence-electron chi connectivity index (χ3n) is 4.82. The van der Waals surface area contributed by atoms with Gasteiger partial charge >= 0.3 is 0 Å². The van der Waals surface area contributed by atoms with Crippen LogP contribution in [0.25, 0.3) is 0 Å². The summed E-state index contributed by atoms with van der Waals surface area (Å²) in [5, 5.41) is 0. The molecule has 0 aliphatic heterocycles. The molecule has 0 atom stereocenters. The molecular weight excluding hydrogens is 284 g/mol. The zero-order valence-electron chi connectivity index (χ0n) is 14.8. The average Bonchev–Trinajstić information content (AvgIpc) is 2.52. The van der Waals surface area contributed by atoms with E-state index in [0.717, 1.165) is 18.5 Å². The molecule has 0 bridgehead atoms. The lowest BCUT2D eigenvalue weighted by molar-refractivity contribution is 0.112. The minimum absolute atomic E-state index is 0.324. The van der Waals surface area contributed by atoms with Crippen molar-refractivity contribution in [1.82, 2.24) is 0 Å². The third-order valence-corrected chi connectivity index (χ3v) is 4.82. The Kier molecular flexibility index (Phi) is 5.81. The number of ether oxygens (including phenoxy) is 1. The van der Waals surface area contributed by atoms with Crippen LogP contribution >= 0.6 is 0 Å². The molecule has 2 nitrogen and oxygen atoms in total. The Morgan fingerprint density at radius 2 is 1.96 bits per heavy atom. The molecule has 0 fully saturated rings. The molecule has 0 heterocycles. The molecule has 1 aromatic rings. The van der Waals surface area contributed by atoms with Crippen molar-refractivity contribution in [2.45, 2.75) is 53.4 Å². The molecule has 1 aliphatic carbocycles. The van der Waals surface area contributed by atoms with E-state index in [0.29, 0.717) is 17.6 Å². The van der Waals surface area contributed by atoms with Crippen molar-refractivity contribution >= 4 is 6.29 Å². The van der Waals surface area contributed by atoms with Gasteiger partial charge in [0.2, 0.25) is 0 Å². The summed E-state index contributed by atoms with van der Waals surface area (Å²) in [7, 11) is 0. The van der Waals surface area contributed by atoms with Gasteiger partial charge in [0.25, 0.3) is 0 Å². The average molecular weight is 312 g/mol. The second kappa shape index (κ2) is 7.63. The van der Waals surface area contributed by atoms with Crippen LogP contribution in [-0.4, -0.2) is 12.9 Å². The normalized spacial score (nSPS) is 18.0. The Balaban J connectivity index is 1.93. The van der Waals surface area contributed by atoms with E-state index in [9.17, 15) is 4.79 Å². The number of aldehydes is 1. The lowest BCUT2D eigenvalue weighted by Crippen LogP contribution is -2.20. The van der Waals surface area contributed by atoms with Crippen LogP contribution in [0.4, 0.5) is 0 Å². The van der Waals surface area contributed by atoms with Crippen molar-refractivity contribution in [3.05, 3.63) is 52.6 Å². The van der Waals surface area contributed by atoms with Gasteiger partial charge in [-0.05, 0) is 74.8 Å². The second-order valence-electron chi connectivity index (χ2n) is 7.23. The van der Waals surface area contributed by atoms with Gasteiger partial charge in [-0.15, -0.1) is 0 Å². The third kappa shape index (κ3) is 4.82. The Morgan fingerprint density at radius 1 is 1.26 bits per heavy atom.